The van der Waals surface area contributed by atoms with Crippen molar-refractivity contribution in [1.29, 1.82) is 5.26 Å². The first-order chi connectivity index (χ1) is 19.3. The van der Waals surface area contributed by atoms with Crippen molar-refractivity contribution in [1.82, 2.24) is 15.1 Å². The van der Waals surface area contributed by atoms with E-state index in [0.29, 0.717) is 31.6 Å². The van der Waals surface area contributed by atoms with E-state index in [-0.39, 0.29) is 35.1 Å². The van der Waals surface area contributed by atoms with E-state index in [1.807, 2.05) is 30.5 Å². The smallest absolute Gasteiger partial charge is 0.225 e. The minimum absolute atomic E-state index is 0.0922. The Labute approximate surface area is 233 Å². The average molecular weight is 562 g/mol. The quantitative estimate of drug-likeness (QED) is 0.479. The van der Waals surface area contributed by atoms with Gasteiger partial charge in [0, 0.05) is 42.4 Å². The van der Waals surface area contributed by atoms with E-state index < -0.39 is 15.4 Å². The number of aromatic nitrogens is 2. The molecule has 208 valence electrons. The number of nitrogens with zero attached hydrogens (tertiary/aromatic N) is 4. The van der Waals surface area contributed by atoms with Gasteiger partial charge in [0.05, 0.1) is 29.0 Å². The molecule has 0 bridgehead atoms. The third kappa shape index (κ3) is 5.35. The molecule has 6 rings (SSSR count). The van der Waals surface area contributed by atoms with Crippen LogP contribution in [0.1, 0.15) is 50.1 Å². The molecule has 2 heterocycles. The number of benzene rings is 2. The number of carbonyl (C=O) groups excluding carboxylic acids is 1. The van der Waals surface area contributed by atoms with Gasteiger partial charge in [0.15, 0.2) is 9.84 Å². The lowest BCUT2D eigenvalue weighted by Gasteiger charge is -2.31. The summed E-state index contributed by atoms with van der Waals surface area (Å²) < 4.78 is 39.5. The van der Waals surface area contributed by atoms with Crippen molar-refractivity contribution < 1.29 is 17.6 Å². The van der Waals surface area contributed by atoms with Crippen LogP contribution in [0.5, 0.6) is 0 Å². The number of sulfone groups is 1. The Kier molecular flexibility index (Phi) is 6.87. The zero-order valence-corrected chi connectivity index (χ0v) is 23.0. The summed E-state index contributed by atoms with van der Waals surface area (Å²) in [6.45, 7) is 0.932. The zero-order valence-electron chi connectivity index (χ0n) is 22.2. The predicted octanol–water partition coefficient (Wildman–Crippen LogP) is 4.36. The molecule has 1 aliphatic heterocycles. The van der Waals surface area contributed by atoms with Gasteiger partial charge >= 0.3 is 0 Å². The molecule has 2 atom stereocenters. The van der Waals surface area contributed by atoms with Crippen molar-refractivity contribution in [2.24, 2.45) is 5.92 Å². The molecule has 3 aromatic rings. The lowest BCUT2D eigenvalue weighted by molar-refractivity contribution is -0.127. The largest absolute Gasteiger partial charge is 0.369 e. The van der Waals surface area contributed by atoms with Gasteiger partial charge in [0.1, 0.15) is 11.4 Å². The monoisotopic (exact) mass is 561 g/mol. The number of carbonyl (C=O) groups is 1. The Balaban J connectivity index is 1.35. The maximum absolute atomic E-state index is 14.1. The van der Waals surface area contributed by atoms with Crippen LogP contribution < -0.4 is 10.2 Å². The molecule has 2 saturated carbocycles. The highest BCUT2D eigenvalue weighted by Crippen LogP contribution is 2.43. The molecule has 1 aromatic heterocycles. The summed E-state index contributed by atoms with van der Waals surface area (Å²) in [5, 5.41) is 17.5. The first-order valence-corrected chi connectivity index (χ1v) is 15.7. The van der Waals surface area contributed by atoms with Gasteiger partial charge in [-0.05, 0) is 61.6 Å². The maximum atomic E-state index is 14.1. The molecule has 2 aliphatic carbocycles. The normalized spacial score (nSPS) is 23.2. The molecule has 3 fully saturated rings. The minimum Gasteiger partial charge on any atom is -0.369 e. The minimum atomic E-state index is -2.97. The molecule has 0 spiro atoms. The van der Waals surface area contributed by atoms with E-state index in [4.69, 9.17) is 5.10 Å². The third-order valence-electron chi connectivity index (χ3n) is 8.48. The van der Waals surface area contributed by atoms with E-state index in [1.165, 1.54) is 12.1 Å². The fourth-order valence-electron chi connectivity index (χ4n) is 5.95. The number of anilines is 1. The number of nitriles is 1. The Morgan fingerprint density at radius 2 is 1.77 bits per heavy atom. The summed E-state index contributed by atoms with van der Waals surface area (Å²) in [5.74, 6) is -0.589. The second-order valence-electron chi connectivity index (χ2n) is 11.2. The summed E-state index contributed by atoms with van der Waals surface area (Å²) in [6.07, 6.45) is 6.69. The van der Waals surface area contributed by atoms with Crippen LogP contribution in [0.3, 0.4) is 0 Å². The van der Waals surface area contributed by atoms with Crippen molar-refractivity contribution >= 4 is 21.4 Å². The molecule has 1 amide bonds. The van der Waals surface area contributed by atoms with Crippen LogP contribution in [0, 0.1) is 23.1 Å². The second-order valence-corrected chi connectivity index (χ2v) is 13.5. The molecule has 0 unspecified atom stereocenters. The Bertz CT molecular complexity index is 1560. The number of rotatable bonds is 6. The molecule has 10 heteroatoms. The van der Waals surface area contributed by atoms with Crippen molar-refractivity contribution in [3.63, 3.8) is 0 Å². The van der Waals surface area contributed by atoms with Crippen LogP contribution in [-0.4, -0.2) is 54.2 Å². The maximum Gasteiger partial charge on any atom is 0.225 e. The summed E-state index contributed by atoms with van der Waals surface area (Å²) >= 11 is 0. The fourth-order valence-corrected chi connectivity index (χ4v) is 7.15. The van der Waals surface area contributed by atoms with Crippen molar-refractivity contribution in [2.45, 2.75) is 50.0 Å². The summed E-state index contributed by atoms with van der Waals surface area (Å²) in [6, 6.07) is 16.5. The molecule has 0 radical (unpaired) electrons. The van der Waals surface area contributed by atoms with Crippen LogP contribution in [0.15, 0.2) is 54.7 Å². The first-order valence-electron chi connectivity index (χ1n) is 13.9. The summed E-state index contributed by atoms with van der Waals surface area (Å²) in [4.78, 5) is 15.5. The Hall–Kier alpha value is -3.71. The van der Waals surface area contributed by atoms with E-state index in [1.54, 1.807) is 16.8 Å². The van der Waals surface area contributed by atoms with Crippen LogP contribution >= 0.6 is 0 Å². The van der Waals surface area contributed by atoms with Crippen molar-refractivity contribution in [2.75, 3.05) is 29.5 Å². The Morgan fingerprint density at radius 1 is 1.05 bits per heavy atom. The number of amides is 1. The van der Waals surface area contributed by atoms with Gasteiger partial charge in [-0.3, -0.25) is 4.79 Å². The molecular weight excluding hydrogens is 529 g/mol. The molecule has 40 heavy (non-hydrogen) atoms. The van der Waals surface area contributed by atoms with E-state index >= 15 is 0 Å². The number of hydrogen-bond acceptors (Lipinski definition) is 6. The van der Waals surface area contributed by atoms with E-state index in [9.17, 15) is 22.9 Å². The molecule has 3 aliphatic rings. The van der Waals surface area contributed by atoms with Crippen LogP contribution in [0.2, 0.25) is 0 Å². The van der Waals surface area contributed by atoms with Gasteiger partial charge in [0.25, 0.3) is 0 Å². The molecule has 2 aromatic carbocycles. The van der Waals surface area contributed by atoms with Gasteiger partial charge in [0.2, 0.25) is 5.91 Å². The topological polar surface area (TPSA) is 108 Å². The number of nitrogens with one attached hydrogen (secondary N) is 1. The van der Waals surface area contributed by atoms with Gasteiger partial charge in [-0.15, -0.1) is 0 Å². The lowest BCUT2D eigenvalue weighted by Crippen LogP contribution is -2.42. The summed E-state index contributed by atoms with van der Waals surface area (Å²) in [7, 11) is -2.97. The van der Waals surface area contributed by atoms with Gasteiger partial charge in [-0.2, -0.15) is 10.4 Å². The van der Waals surface area contributed by atoms with E-state index in [0.717, 1.165) is 48.2 Å². The summed E-state index contributed by atoms with van der Waals surface area (Å²) in [5.41, 5.74) is 3.42. The van der Waals surface area contributed by atoms with Crippen LogP contribution in [0.4, 0.5) is 10.1 Å². The fraction of sp³-hybridized carbons (Fsp3) is 0.433. The molecule has 1 saturated heterocycles. The first kappa shape index (κ1) is 26.5. The highest BCUT2D eigenvalue weighted by molar-refractivity contribution is 7.91. The highest BCUT2D eigenvalue weighted by Gasteiger charge is 2.47. The second kappa shape index (κ2) is 10.4. The lowest BCUT2D eigenvalue weighted by atomic mass is 9.75. The highest BCUT2D eigenvalue weighted by atomic mass is 32.2. The molecular formula is C30H32FN5O3S. The van der Waals surface area contributed by atoms with Gasteiger partial charge < -0.3 is 10.2 Å². The third-order valence-corrected chi connectivity index (χ3v) is 10.1. The average Bonchev–Trinajstić information content (AvgIpc) is 3.59. The zero-order chi connectivity index (χ0) is 27.9. The number of hydrogen-bond donors (Lipinski definition) is 1. The van der Waals surface area contributed by atoms with Crippen molar-refractivity contribution in [3.05, 3.63) is 66.2 Å². The van der Waals surface area contributed by atoms with Gasteiger partial charge in [-0.1, -0.05) is 31.0 Å². The van der Waals surface area contributed by atoms with Crippen LogP contribution in [0.25, 0.3) is 16.8 Å². The van der Waals surface area contributed by atoms with E-state index in [2.05, 4.69) is 16.3 Å². The standard InChI is InChI=1S/C30H32FN5O3S/c31-22-4-3-5-24(18-22)36-19-27(21-8-10-23(11-9-21)35-14-16-40(38,39)17-15-35)28(34-36)25-6-1-2-7-26(25)29(37)33-30(20-32)12-13-30/h3-5,8-11,18-19,25-26H,1-2,6-7,12-17H2,(H,33,37)/t25-,26-/m1/s1. The Morgan fingerprint density at radius 3 is 2.45 bits per heavy atom. The van der Waals surface area contributed by atoms with Gasteiger partial charge in [-0.25, -0.2) is 17.5 Å². The number of halogens is 1. The molecule has 8 nitrogen and oxygen atoms in total. The van der Waals surface area contributed by atoms with Crippen molar-refractivity contribution in [3.8, 4) is 22.9 Å². The van der Waals surface area contributed by atoms with Crippen LogP contribution in [-0.2, 0) is 14.6 Å². The predicted molar refractivity (Wildman–Crippen MR) is 150 cm³/mol. The SMILES string of the molecule is N#CC1(NC(=O)[C@@H]2CCCC[C@H]2c2nn(-c3cccc(F)c3)cc2-c2ccc(N3CCS(=O)(=O)CC3)cc2)CC1. The molecule has 1 N–H and O–H groups in total.